The van der Waals surface area contributed by atoms with Crippen molar-refractivity contribution in [2.24, 2.45) is 0 Å². The van der Waals surface area contributed by atoms with Gasteiger partial charge in [0.05, 0.1) is 12.8 Å². The molecule has 2 aromatic rings. The summed E-state index contributed by atoms with van der Waals surface area (Å²) in [5, 5.41) is 7.25. The zero-order valence-corrected chi connectivity index (χ0v) is 16.5. The van der Waals surface area contributed by atoms with Gasteiger partial charge in [-0.05, 0) is 55.0 Å². The van der Waals surface area contributed by atoms with Crippen molar-refractivity contribution in [3.63, 3.8) is 0 Å². The van der Waals surface area contributed by atoms with Gasteiger partial charge in [0, 0.05) is 0 Å². The Labute approximate surface area is 172 Å². The zero-order valence-electron chi connectivity index (χ0n) is 16.5. The first kappa shape index (κ1) is 19.7. The number of furan rings is 1. The minimum absolute atomic E-state index is 0.103. The summed E-state index contributed by atoms with van der Waals surface area (Å²) in [5.74, 6) is -0.776. The van der Waals surface area contributed by atoms with Crippen molar-refractivity contribution in [3.8, 4) is 0 Å². The van der Waals surface area contributed by atoms with Crippen molar-refractivity contribution in [3.05, 3.63) is 59.0 Å². The standard InChI is InChI=1S/C21H22N4O5/c1-21(15-8-7-13-4-2-5-14(13)10-15)18(27)25(20(29)24-21)12-17(26)23-19(28)22-11-16-6-3-9-30-16/h3,6-10H,2,4-5,11-12H2,1H3,(H,24,29)(H2,22,23,26,28)/t21-/m1/s1. The Bertz CT molecular complexity index is 1020. The molecule has 0 bridgehead atoms. The lowest BCUT2D eigenvalue weighted by molar-refractivity contribution is -0.134. The van der Waals surface area contributed by atoms with Crippen molar-refractivity contribution in [2.45, 2.75) is 38.3 Å². The highest BCUT2D eigenvalue weighted by Crippen LogP contribution is 2.32. The number of imide groups is 2. The summed E-state index contributed by atoms with van der Waals surface area (Å²) >= 11 is 0. The van der Waals surface area contributed by atoms with Crippen molar-refractivity contribution in [1.29, 1.82) is 0 Å². The molecule has 1 aliphatic carbocycles. The number of carbonyl (C=O) groups excluding carboxylic acids is 4. The maximum atomic E-state index is 13.0. The van der Waals surface area contributed by atoms with Gasteiger partial charge in [0.25, 0.3) is 5.91 Å². The van der Waals surface area contributed by atoms with Crippen LogP contribution in [0.2, 0.25) is 0 Å². The van der Waals surface area contributed by atoms with Gasteiger partial charge in [-0.25, -0.2) is 9.59 Å². The third-order valence-electron chi connectivity index (χ3n) is 5.51. The number of amides is 6. The highest BCUT2D eigenvalue weighted by molar-refractivity contribution is 6.10. The second-order valence-corrected chi connectivity index (χ2v) is 7.59. The Morgan fingerprint density at radius 3 is 2.77 bits per heavy atom. The van der Waals surface area contributed by atoms with Crippen LogP contribution in [-0.2, 0) is 34.5 Å². The van der Waals surface area contributed by atoms with E-state index in [0.29, 0.717) is 11.3 Å². The van der Waals surface area contributed by atoms with Crippen LogP contribution in [0.15, 0.2) is 41.0 Å². The third-order valence-corrected chi connectivity index (χ3v) is 5.51. The number of nitrogens with zero attached hydrogens (tertiary/aromatic N) is 1. The number of hydrogen-bond acceptors (Lipinski definition) is 5. The van der Waals surface area contributed by atoms with Crippen molar-refractivity contribution in [1.82, 2.24) is 20.9 Å². The number of urea groups is 2. The molecule has 1 aliphatic heterocycles. The van der Waals surface area contributed by atoms with Crippen LogP contribution in [0.25, 0.3) is 0 Å². The topological polar surface area (TPSA) is 121 Å². The molecule has 1 aromatic heterocycles. The Morgan fingerprint density at radius 2 is 2.00 bits per heavy atom. The summed E-state index contributed by atoms with van der Waals surface area (Å²) in [7, 11) is 0. The van der Waals surface area contributed by atoms with E-state index < -0.39 is 36.0 Å². The molecule has 0 saturated carbocycles. The Balaban J connectivity index is 1.39. The molecular formula is C21H22N4O5. The number of nitrogens with one attached hydrogen (secondary N) is 3. The molecular weight excluding hydrogens is 388 g/mol. The molecule has 4 rings (SSSR count). The van der Waals surface area contributed by atoms with Gasteiger partial charge in [0.2, 0.25) is 5.91 Å². The molecule has 0 radical (unpaired) electrons. The number of rotatable bonds is 5. The van der Waals surface area contributed by atoms with E-state index in [1.165, 1.54) is 17.4 Å². The Morgan fingerprint density at radius 1 is 1.20 bits per heavy atom. The first-order valence-electron chi connectivity index (χ1n) is 9.73. The molecule has 1 aromatic carbocycles. The minimum atomic E-state index is -1.25. The van der Waals surface area contributed by atoms with Crippen LogP contribution in [0.3, 0.4) is 0 Å². The molecule has 30 heavy (non-hydrogen) atoms. The molecule has 1 fully saturated rings. The van der Waals surface area contributed by atoms with E-state index in [1.807, 2.05) is 18.2 Å². The average Bonchev–Trinajstić information content (AvgIpc) is 3.44. The summed E-state index contributed by atoms with van der Waals surface area (Å²) in [6.07, 6.45) is 4.50. The summed E-state index contributed by atoms with van der Waals surface area (Å²) < 4.78 is 5.08. The number of hydrogen-bond donors (Lipinski definition) is 3. The van der Waals surface area contributed by atoms with E-state index in [4.69, 9.17) is 4.42 Å². The van der Waals surface area contributed by atoms with E-state index in [-0.39, 0.29) is 6.54 Å². The number of fused-ring (bicyclic) bond motifs is 1. The summed E-state index contributed by atoms with van der Waals surface area (Å²) in [4.78, 5) is 50.3. The fourth-order valence-corrected chi connectivity index (χ4v) is 3.85. The summed E-state index contributed by atoms with van der Waals surface area (Å²) in [5.41, 5.74) is 1.87. The second-order valence-electron chi connectivity index (χ2n) is 7.59. The van der Waals surface area contributed by atoms with E-state index in [2.05, 4.69) is 16.0 Å². The van der Waals surface area contributed by atoms with Crippen LogP contribution < -0.4 is 16.0 Å². The van der Waals surface area contributed by atoms with Gasteiger partial charge in [0.1, 0.15) is 17.8 Å². The van der Waals surface area contributed by atoms with Gasteiger partial charge in [-0.3, -0.25) is 19.8 Å². The molecule has 6 amide bonds. The van der Waals surface area contributed by atoms with Gasteiger partial charge in [-0.15, -0.1) is 0 Å². The molecule has 156 valence electrons. The molecule has 9 heteroatoms. The lowest BCUT2D eigenvalue weighted by Crippen LogP contribution is -2.46. The van der Waals surface area contributed by atoms with Crippen molar-refractivity contribution >= 4 is 23.9 Å². The smallest absolute Gasteiger partial charge is 0.325 e. The molecule has 2 heterocycles. The molecule has 2 aliphatic rings. The summed E-state index contributed by atoms with van der Waals surface area (Å²) in [6, 6.07) is 7.71. The maximum absolute atomic E-state index is 13.0. The number of aryl methyl sites for hydroxylation is 2. The number of benzene rings is 1. The Kier molecular flexibility index (Phi) is 5.03. The minimum Gasteiger partial charge on any atom is -0.467 e. The van der Waals surface area contributed by atoms with E-state index in [9.17, 15) is 19.2 Å². The quantitative estimate of drug-likeness (QED) is 0.646. The van der Waals surface area contributed by atoms with Crippen LogP contribution in [0.4, 0.5) is 9.59 Å². The lowest BCUT2D eigenvalue weighted by Gasteiger charge is -2.23. The van der Waals surface area contributed by atoms with Gasteiger partial charge in [0.15, 0.2) is 0 Å². The first-order valence-corrected chi connectivity index (χ1v) is 9.73. The molecule has 1 atom stereocenters. The first-order chi connectivity index (χ1) is 14.4. The average molecular weight is 410 g/mol. The zero-order chi connectivity index (χ0) is 21.3. The lowest BCUT2D eigenvalue weighted by atomic mass is 9.89. The fraction of sp³-hybridized carbons (Fsp3) is 0.333. The largest absolute Gasteiger partial charge is 0.467 e. The molecule has 0 unspecified atom stereocenters. The predicted molar refractivity (Wildman–Crippen MR) is 105 cm³/mol. The normalized spacial score (nSPS) is 20.1. The fourth-order valence-electron chi connectivity index (χ4n) is 3.85. The van der Waals surface area contributed by atoms with E-state index >= 15 is 0 Å². The maximum Gasteiger partial charge on any atom is 0.325 e. The van der Waals surface area contributed by atoms with Crippen LogP contribution in [0.5, 0.6) is 0 Å². The Hall–Kier alpha value is -3.62. The molecule has 0 spiro atoms. The van der Waals surface area contributed by atoms with E-state index in [1.54, 1.807) is 19.1 Å². The predicted octanol–water partition coefficient (Wildman–Crippen LogP) is 1.56. The monoisotopic (exact) mass is 410 g/mol. The SMILES string of the molecule is C[C@]1(c2ccc3c(c2)CCC3)NC(=O)N(CC(=O)NC(=O)NCc2ccco2)C1=O. The third kappa shape index (κ3) is 3.66. The highest BCUT2D eigenvalue weighted by atomic mass is 16.3. The molecule has 1 saturated heterocycles. The van der Waals surface area contributed by atoms with Crippen LogP contribution in [-0.4, -0.2) is 35.3 Å². The number of carbonyl (C=O) groups is 4. The summed E-state index contributed by atoms with van der Waals surface area (Å²) in [6.45, 7) is 1.17. The van der Waals surface area contributed by atoms with Gasteiger partial charge < -0.3 is 15.1 Å². The van der Waals surface area contributed by atoms with Gasteiger partial charge in [-0.1, -0.05) is 18.2 Å². The highest BCUT2D eigenvalue weighted by Gasteiger charge is 2.49. The van der Waals surface area contributed by atoms with Gasteiger partial charge in [-0.2, -0.15) is 0 Å². The van der Waals surface area contributed by atoms with Crippen molar-refractivity contribution < 1.29 is 23.6 Å². The van der Waals surface area contributed by atoms with Gasteiger partial charge >= 0.3 is 12.1 Å². The van der Waals surface area contributed by atoms with Crippen LogP contribution in [0.1, 0.15) is 35.8 Å². The second kappa shape index (κ2) is 7.66. The van der Waals surface area contributed by atoms with Crippen LogP contribution >= 0.6 is 0 Å². The van der Waals surface area contributed by atoms with E-state index in [0.717, 1.165) is 24.2 Å². The molecule has 3 N–H and O–H groups in total. The molecule has 9 nitrogen and oxygen atoms in total. The van der Waals surface area contributed by atoms with Crippen LogP contribution in [0, 0.1) is 0 Å². The van der Waals surface area contributed by atoms with Crippen molar-refractivity contribution in [2.75, 3.05) is 6.54 Å².